The normalized spacial score (nSPS) is 10.2. The van der Waals surface area contributed by atoms with Crippen LogP contribution in [0.4, 0.5) is 11.6 Å². The van der Waals surface area contributed by atoms with E-state index in [1.807, 2.05) is 31.3 Å². The molecule has 2 aromatic heterocycles. The highest BCUT2D eigenvalue weighted by molar-refractivity contribution is 5.48. The fraction of sp³-hybridized carbons (Fsp3) is 0.357. The smallest absolute Gasteiger partial charge is 0.134 e. The van der Waals surface area contributed by atoms with Crippen LogP contribution in [0.15, 0.2) is 36.8 Å². The molecule has 0 aliphatic rings. The third kappa shape index (κ3) is 3.91. The van der Waals surface area contributed by atoms with Crippen molar-refractivity contribution in [2.24, 2.45) is 0 Å². The summed E-state index contributed by atoms with van der Waals surface area (Å²) in [5.74, 6) is 1.75. The van der Waals surface area contributed by atoms with Gasteiger partial charge >= 0.3 is 0 Å². The van der Waals surface area contributed by atoms with Crippen LogP contribution in [0.3, 0.4) is 0 Å². The minimum absolute atomic E-state index is 0.727. The first kappa shape index (κ1) is 13.3. The highest BCUT2D eigenvalue weighted by Gasteiger charge is 2.05. The van der Waals surface area contributed by atoms with E-state index in [-0.39, 0.29) is 0 Å². The Morgan fingerprint density at radius 2 is 2.11 bits per heavy atom. The van der Waals surface area contributed by atoms with Crippen LogP contribution in [0.25, 0.3) is 0 Å². The lowest BCUT2D eigenvalue weighted by atomic mass is 10.3. The monoisotopic (exact) mass is 257 g/mol. The fourth-order valence-corrected chi connectivity index (χ4v) is 1.72. The molecule has 2 aromatic rings. The second-order valence-corrected chi connectivity index (χ2v) is 4.37. The van der Waals surface area contributed by atoms with E-state index in [9.17, 15) is 0 Å². The summed E-state index contributed by atoms with van der Waals surface area (Å²) in [5.41, 5.74) is 1.02. The topological polar surface area (TPSA) is 53.9 Å². The van der Waals surface area contributed by atoms with Crippen LogP contribution in [-0.2, 0) is 6.54 Å². The minimum Gasteiger partial charge on any atom is -0.370 e. The molecule has 0 unspecified atom stereocenters. The maximum Gasteiger partial charge on any atom is 0.134 e. The van der Waals surface area contributed by atoms with Crippen molar-refractivity contribution in [2.75, 3.05) is 23.8 Å². The molecule has 0 radical (unpaired) electrons. The highest BCUT2D eigenvalue weighted by Crippen LogP contribution is 2.14. The quantitative estimate of drug-likeness (QED) is 0.860. The first-order valence-electron chi connectivity index (χ1n) is 6.46. The third-order valence-electron chi connectivity index (χ3n) is 2.73. The largest absolute Gasteiger partial charge is 0.370 e. The van der Waals surface area contributed by atoms with Gasteiger partial charge in [-0.1, -0.05) is 13.0 Å². The Labute approximate surface area is 113 Å². The molecule has 0 fully saturated rings. The first-order chi connectivity index (χ1) is 9.29. The van der Waals surface area contributed by atoms with E-state index < -0.39 is 0 Å². The molecule has 0 saturated carbocycles. The molecule has 0 spiro atoms. The van der Waals surface area contributed by atoms with E-state index >= 15 is 0 Å². The molecule has 5 nitrogen and oxygen atoms in total. The average molecular weight is 257 g/mol. The van der Waals surface area contributed by atoms with Gasteiger partial charge in [0.15, 0.2) is 0 Å². The Morgan fingerprint density at radius 3 is 2.84 bits per heavy atom. The minimum atomic E-state index is 0.727. The predicted molar refractivity (Wildman–Crippen MR) is 77.2 cm³/mol. The van der Waals surface area contributed by atoms with E-state index in [0.717, 1.165) is 36.8 Å². The van der Waals surface area contributed by atoms with Crippen LogP contribution in [0.2, 0.25) is 0 Å². The lowest BCUT2D eigenvalue weighted by Gasteiger charge is -2.18. The summed E-state index contributed by atoms with van der Waals surface area (Å²) < 4.78 is 0. The summed E-state index contributed by atoms with van der Waals surface area (Å²) >= 11 is 0. The summed E-state index contributed by atoms with van der Waals surface area (Å²) in [5, 5.41) is 3.26. The second kappa shape index (κ2) is 6.68. The van der Waals surface area contributed by atoms with Gasteiger partial charge in [0.1, 0.15) is 18.0 Å². The molecule has 2 heterocycles. The van der Waals surface area contributed by atoms with E-state index in [2.05, 4.69) is 32.1 Å². The predicted octanol–water partition coefficient (Wildman–Crippen LogP) is 2.33. The second-order valence-electron chi connectivity index (χ2n) is 4.37. The SMILES string of the molecule is CCCNc1cc(N(C)Cc2ccccn2)ncn1. The number of anilines is 2. The Kier molecular flexibility index (Phi) is 4.66. The number of nitrogens with one attached hydrogen (secondary N) is 1. The van der Waals surface area contributed by atoms with Gasteiger partial charge in [-0.2, -0.15) is 0 Å². The van der Waals surface area contributed by atoms with Gasteiger partial charge in [0.25, 0.3) is 0 Å². The van der Waals surface area contributed by atoms with Gasteiger partial charge < -0.3 is 10.2 Å². The standard InChI is InChI=1S/C14H19N5/c1-3-7-16-13-9-14(18-11-17-13)19(2)10-12-6-4-5-8-15-12/h4-6,8-9,11H,3,7,10H2,1-2H3,(H,16,17,18). The van der Waals surface area contributed by atoms with Crippen molar-refractivity contribution < 1.29 is 0 Å². The molecule has 2 rings (SSSR count). The Balaban J connectivity index is 2.04. The molecule has 100 valence electrons. The fourth-order valence-electron chi connectivity index (χ4n) is 1.72. The third-order valence-corrected chi connectivity index (χ3v) is 2.73. The molecule has 0 aromatic carbocycles. The zero-order valence-corrected chi connectivity index (χ0v) is 11.4. The van der Waals surface area contributed by atoms with Crippen LogP contribution in [0, 0.1) is 0 Å². The number of pyridine rings is 1. The maximum absolute atomic E-state index is 4.32. The zero-order valence-electron chi connectivity index (χ0n) is 11.4. The number of nitrogens with zero attached hydrogens (tertiary/aromatic N) is 4. The molecule has 0 aliphatic carbocycles. The summed E-state index contributed by atoms with van der Waals surface area (Å²) in [6, 6.07) is 7.87. The number of aromatic nitrogens is 3. The highest BCUT2D eigenvalue weighted by atomic mass is 15.2. The van der Waals surface area contributed by atoms with Crippen molar-refractivity contribution in [3.05, 3.63) is 42.5 Å². The van der Waals surface area contributed by atoms with Crippen LogP contribution in [0.5, 0.6) is 0 Å². The molecule has 1 N–H and O–H groups in total. The number of hydrogen-bond acceptors (Lipinski definition) is 5. The van der Waals surface area contributed by atoms with Crippen LogP contribution in [-0.4, -0.2) is 28.5 Å². The van der Waals surface area contributed by atoms with Crippen LogP contribution >= 0.6 is 0 Å². The number of hydrogen-bond donors (Lipinski definition) is 1. The molecule has 19 heavy (non-hydrogen) atoms. The van der Waals surface area contributed by atoms with E-state index in [4.69, 9.17) is 0 Å². The van der Waals surface area contributed by atoms with Crippen molar-refractivity contribution in [3.63, 3.8) is 0 Å². The van der Waals surface area contributed by atoms with Gasteiger partial charge in [0.05, 0.1) is 12.2 Å². The van der Waals surface area contributed by atoms with E-state index in [1.165, 1.54) is 0 Å². The maximum atomic E-state index is 4.32. The molecule has 0 bridgehead atoms. The van der Waals surface area contributed by atoms with Gasteiger partial charge in [-0.3, -0.25) is 4.98 Å². The molecule has 5 heteroatoms. The van der Waals surface area contributed by atoms with E-state index in [1.54, 1.807) is 12.5 Å². The molecule has 0 aliphatic heterocycles. The van der Waals surface area contributed by atoms with Crippen molar-refractivity contribution in [1.82, 2.24) is 15.0 Å². The molecule has 0 saturated heterocycles. The first-order valence-corrected chi connectivity index (χ1v) is 6.46. The average Bonchev–Trinajstić information content (AvgIpc) is 2.46. The molecular formula is C14H19N5. The van der Waals surface area contributed by atoms with Crippen molar-refractivity contribution >= 4 is 11.6 Å². The Morgan fingerprint density at radius 1 is 1.21 bits per heavy atom. The van der Waals surface area contributed by atoms with Crippen molar-refractivity contribution in [1.29, 1.82) is 0 Å². The molecular weight excluding hydrogens is 238 g/mol. The summed E-state index contributed by atoms with van der Waals surface area (Å²) in [6.45, 7) is 3.77. The van der Waals surface area contributed by atoms with E-state index in [0.29, 0.717) is 0 Å². The van der Waals surface area contributed by atoms with Crippen LogP contribution < -0.4 is 10.2 Å². The van der Waals surface area contributed by atoms with Gasteiger partial charge in [0.2, 0.25) is 0 Å². The van der Waals surface area contributed by atoms with Crippen molar-refractivity contribution in [3.8, 4) is 0 Å². The molecule has 0 amide bonds. The van der Waals surface area contributed by atoms with Gasteiger partial charge in [0, 0.05) is 25.9 Å². The van der Waals surface area contributed by atoms with Crippen LogP contribution in [0.1, 0.15) is 19.0 Å². The van der Waals surface area contributed by atoms with Crippen molar-refractivity contribution in [2.45, 2.75) is 19.9 Å². The van der Waals surface area contributed by atoms with Gasteiger partial charge in [-0.15, -0.1) is 0 Å². The number of rotatable bonds is 6. The lowest BCUT2D eigenvalue weighted by Crippen LogP contribution is -2.18. The zero-order chi connectivity index (χ0) is 13.5. The summed E-state index contributed by atoms with van der Waals surface area (Å²) in [4.78, 5) is 14.9. The Hall–Kier alpha value is -2.17. The lowest BCUT2D eigenvalue weighted by molar-refractivity contribution is 0.859. The van der Waals surface area contributed by atoms with Gasteiger partial charge in [-0.25, -0.2) is 9.97 Å². The summed E-state index contributed by atoms with van der Waals surface area (Å²) in [7, 11) is 2.00. The Bertz CT molecular complexity index is 500. The summed E-state index contributed by atoms with van der Waals surface area (Å²) in [6.07, 6.45) is 4.46. The molecule has 0 atom stereocenters. The van der Waals surface area contributed by atoms with Gasteiger partial charge in [-0.05, 0) is 18.6 Å².